The molecule has 0 aromatic heterocycles. The molecule has 2 rings (SSSR count). The normalized spacial score (nSPS) is 21.5. The molecular formula is C14H20FN. The van der Waals surface area contributed by atoms with Gasteiger partial charge in [-0.1, -0.05) is 39.0 Å². The number of hydrogen-bond acceptors (Lipinski definition) is 1. The Hall–Kier alpha value is -1.05. The highest BCUT2D eigenvalue weighted by molar-refractivity contribution is 5.57. The zero-order valence-corrected chi connectivity index (χ0v) is 10.3. The van der Waals surface area contributed by atoms with Gasteiger partial charge in [-0.3, -0.25) is 0 Å². The van der Waals surface area contributed by atoms with Crippen LogP contribution < -0.4 is 4.90 Å². The third kappa shape index (κ3) is 2.21. The van der Waals surface area contributed by atoms with Gasteiger partial charge in [0.05, 0.1) is 0 Å². The van der Waals surface area contributed by atoms with Crippen molar-refractivity contribution in [3.05, 3.63) is 29.8 Å². The van der Waals surface area contributed by atoms with E-state index in [1.807, 2.05) is 6.07 Å². The molecule has 88 valence electrons. The van der Waals surface area contributed by atoms with Crippen molar-refractivity contribution in [2.24, 2.45) is 0 Å². The molecule has 16 heavy (non-hydrogen) atoms. The largest absolute Gasteiger partial charge is 0.368 e. The molecule has 1 aromatic carbocycles. The molecule has 1 atom stereocenters. The summed E-state index contributed by atoms with van der Waals surface area (Å²) in [6.07, 6.45) is 0.00592. The fraction of sp³-hybridized carbons (Fsp3) is 0.571. The highest BCUT2D eigenvalue weighted by atomic mass is 19.1. The average molecular weight is 221 g/mol. The molecule has 0 unspecified atom stereocenters. The van der Waals surface area contributed by atoms with Crippen molar-refractivity contribution in [3.8, 4) is 0 Å². The monoisotopic (exact) mass is 221 g/mol. The third-order valence-corrected chi connectivity index (χ3v) is 3.18. The first-order valence-corrected chi connectivity index (χ1v) is 5.97. The Morgan fingerprint density at radius 3 is 2.50 bits per heavy atom. The van der Waals surface area contributed by atoms with Gasteiger partial charge in [0.1, 0.15) is 6.17 Å². The summed E-state index contributed by atoms with van der Waals surface area (Å²) in [7, 11) is 0. The minimum absolute atomic E-state index is 0.116. The number of rotatable bonds is 1. The van der Waals surface area contributed by atoms with Crippen LogP contribution in [-0.4, -0.2) is 19.3 Å². The van der Waals surface area contributed by atoms with Crippen molar-refractivity contribution < 1.29 is 4.39 Å². The summed E-state index contributed by atoms with van der Waals surface area (Å²) >= 11 is 0. The van der Waals surface area contributed by atoms with Gasteiger partial charge < -0.3 is 4.90 Å². The van der Waals surface area contributed by atoms with Crippen LogP contribution in [0.25, 0.3) is 0 Å². The Bertz CT molecular complexity index is 367. The molecule has 1 aromatic rings. The van der Waals surface area contributed by atoms with Crippen LogP contribution in [0.3, 0.4) is 0 Å². The summed E-state index contributed by atoms with van der Waals surface area (Å²) in [5.74, 6) is 0. The van der Waals surface area contributed by atoms with E-state index in [1.54, 1.807) is 0 Å². The summed E-state index contributed by atoms with van der Waals surface area (Å²) in [4.78, 5) is 2.17. The highest BCUT2D eigenvalue weighted by Gasteiger charge is 2.26. The minimum Gasteiger partial charge on any atom is -0.368 e. The molecule has 1 fully saturated rings. The summed E-state index contributed by atoms with van der Waals surface area (Å²) in [5.41, 5.74) is 2.63. The molecule has 1 aliphatic heterocycles. The molecule has 0 saturated carbocycles. The lowest BCUT2D eigenvalue weighted by atomic mass is 9.85. The second-order valence-electron chi connectivity index (χ2n) is 5.60. The van der Waals surface area contributed by atoms with Gasteiger partial charge in [-0.25, -0.2) is 4.39 Å². The zero-order valence-electron chi connectivity index (χ0n) is 10.3. The molecule has 0 spiro atoms. The number of halogens is 1. The fourth-order valence-corrected chi connectivity index (χ4v) is 2.32. The molecule has 2 heteroatoms. The lowest BCUT2D eigenvalue weighted by molar-refractivity contribution is 0.364. The van der Waals surface area contributed by atoms with E-state index in [-0.39, 0.29) is 5.41 Å². The van der Waals surface area contributed by atoms with Gasteiger partial charge >= 0.3 is 0 Å². The lowest BCUT2D eigenvalue weighted by Crippen LogP contribution is -2.24. The number of anilines is 1. The van der Waals surface area contributed by atoms with Crippen molar-refractivity contribution in [3.63, 3.8) is 0 Å². The number of nitrogens with zero attached hydrogens (tertiary/aromatic N) is 1. The van der Waals surface area contributed by atoms with Crippen LogP contribution in [0.5, 0.6) is 0 Å². The first-order chi connectivity index (χ1) is 7.48. The van der Waals surface area contributed by atoms with Gasteiger partial charge in [0.15, 0.2) is 0 Å². The maximum atomic E-state index is 13.2. The Labute approximate surface area is 97.3 Å². The molecule has 0 aliphatic carbocycles. The Kier molecular flexibility index (Phi) is 2.92. The Morgan fingerprint density at radius 2 is 1.94 bits per heavy atom. The van der Waals surface area contributed by atoms with E-state index in [0.29, 0.717) is 13.0 Å². The van der Waals surface area contributed by atoms with Gasteiger partial charge in [0.2, 0.25) is 0 Å². The van der Waals surface area contributed by atoms with Crippen molar-refractivity contribution in [2.75, 3.05) is 18.0 Å². The maximum Gasteiger partial charge on any atom is 0.119 e. The van der Waals surface area contributed by atoms with Crippen LogP contribution in [-0.2, 0) is 5.41 Å². The van der Waals surface area contributed by atoms with Crippen molar-refractivity contribution in [2.45, 2.75) is 38.8 Å². The van der Waals surface area contributed by atoms with E-state index < -0.39 is 6.17 Å². The van der Waals surface area contributed by atoms with E-state index in [0.717, 1.165) is 6.54 Å². The minimum atomic E-state index is -0.659. The predicted molar refractivity (Wildman–Crippen MR) is 66.9 cm³/mol. The summed E-state index contributed by atoms with van der Waals surface area (Å²) in [6.45, 7) is 8.00. The van der Waals surface area contributed by atoms with Gasteiger partial charge in [0.25, 0.3) is 0 Å². The highest BCUT2D eigenvalue weighted by Crippen LogP contribution is 2.33. The van der Waals surface area contributed by atoms with Crippen LogP contribution in [0, 0.1) is 0 Å². The molecule has 0 radical (unpaired) electrons. The maximum absolute atomic E-state index is 13.2. The zero-order chi connectivity index (χ0) is 11.8. The first kappa shape index (κ1) is 11.4. The van der Waals surface area contributed by atoms with Crippen LogP contribution >= 0.6 is 0 Å². The van der Waals surface area contributed by atoms with Crippen LogP contribution in [0.15, 0.2) is 24.3 Å². The fourth-order valence-electron chi connectivity index (χ4n) is 2.32. The molecule has 0 bridgehead atoms. The van der Waals surface area contributed by atoms with E-state index in [4.69, 9.17) is 0 Å². The topological polar surface area (TPSA) is 3.24 Å². The first-order valence-electron chi connectivity index (χ1n) is 5.97. The van der Waals surface area contributed by atoms with E-state index in [2.05, 4.69) is 43.9 Å². The standard InChI is InChI=1S/C14H20FN/c1-14(2,3)12-6-4-5-7-13(12)16-9-8-11(15)10-16/h4-7,11H,8-10H2,1-3H3/t11-/m1/s1. The molecule has 1 saturated heterocycles. The molecule has 0 amide bonds. The SMILES string of the molecule is CC(C)(C)c1ccccc1N1CC[C@@H](F)C1. The molecule has 1 heterocycles. The number of benzene rings is 1. The van der Waals surface area contributed by atoms with Crippen molar-refractivity contribution in [1.82, 2.24) is 0 Å². The van der Waals surface area contributed by atoms with Crippen molar-refractivity contribution >= 4 is 5.69 Å². The van der Waals surface area contributed by atoms with Gasteiger partial charge in [-0.2, -0.15) is 0 Å². The lowest BCUT2D eigenvalue weighted by Gasteiger charge is -2.28. The Morgan fingerprint density at radius 1 is 1.25 bits per heavy atom. The molecule has 0 N–H and O–H groups in total. The van der Waals surface area contributed by atoms with Gasteiger partial charge in [0, 0.05) is 18.8 Å². The number of para-hydroxylation sites is 1. The average Bonchev–Trinajstić information content (AvgIpc) is 2.64. The number of hydrogen-bond donors (Lipinski definition) is 0. The predicted octanol–water partition coefficient (Wildman–Crippen LogP) is 3.53. The van der Waals surface area contributed by atoms with E-state index >= 15 is 0 Å². The summed E-state index contributed by atoms with van der Waals surface area (Å²) in [5, 5.41) is 0. The van der Waals surface area contributed by atoms with E-state index in [1.165, 1.54) is 11.3 Å². The third-order valence-electron chi connectivity index (χ3n) is 3.18. The van der Waals surface area contributed by atoms with Crippen LogP contribution in [0.4, 0.5) is 10.1 Å². The smallest absolute Gasteiger partial charge is 0.119 e. The summed E-state index contributed by atoms with van der Waals surface area (Å²) in [6, 6.07) is 8.36. The van der Waals surface area contributed by atoms with Crippen LogP contribution in [0.2, 0.25) is 0 Å². The van der Waals surface area contributed by atoms with Gasteiger partial charge in [-0.15, -0.1) is 0 Å². The Balaban J connectivity index is 2.34. The van der Waals surface area contributed by atoms with Crippen molar-refractivity contribution in [1.29, 1.82) is 0 Å². The molecule has 1 nitrogen and oxygen atoms in total. The van der Waals surface area contributed by atoms with Gasteiger partial charge in [-0.05, 0) is 23.5 Å². The molecule has 1 aliphatic rings. The van der Waals surface area contributed by atoms with Crippen LogP contribution in [0.1, 0.15) is 32.8 Å². The summed E-state index contributed by atoms with van der Waals surface area (Å²) < 4.78 is 13.2. The van der Waals surface area contributed by atoms with E-state index in [9.17, 15) is 4.39 Å². The number of alkyl halides is 1. The second kappa shape index (κ2) is 4.08. The quantitative estimate of drug-likeness (QED) is 0.701. The second-order valence-corrected chi connectivity index (χ2v) is 5.60. The molecular weight excluding hydrogens is 201 g/mol.